The summed E-state index contributed by atoms with van der Waals surface area (Å²) in [5.74, 6) is -1.73. The number of H-pyrrole nitrogens is 1. The third kappa shape index (κ3) is 3.67. The van der Waals surface area contributed by atoms with Crippen molar-refractivity contribution in [2.45, 2.75) is 32.1 Å². The van der Waals surface area contributed by atoms with Crippen LogP contribution in [0.1, 0.15) is 35.4 Å². The van der Waals surface area contributed by atoms with Crippen molar-refractivity contribution in [1.82, 2.24) is 9.88 Å². The maximum atomic E-state index is 14.3. The number of fused-ring (bicyclic) bond motifs is 1. The number of likely N-dealkylation sites (tertiary alicyclic amines) is 1. The molecular formula is C23H22F2N2O2. The Labute approximate surface area is 167 Å². The molecule has 1 amide bonds. The SMILES string of the molecule is Cc1c(CC(=O)N2CCC(c3ccccc3)CC2)c(=O)[nH]c2ccc(F)c(F)c12. The summed E-state index contributed by atoms with van der Waals surface area (Å²) in [5.41, 5.74) is 1.57. The Bertz CT molecular complexity index is 1120. The van der Waals surface area contributed by atoms with Crippen molar-refractivity contribution >= 4 is 16.8 Å². The molecular weight excluding hydrogens is 374 g/mol. The maximum absolute atomic E-state index is 14.3. The number of carbonyl (C=O) groups is 1. The minimum Gasteiger partial charge on any atom is -0.342 e. The molecule has 2 heterocycles. The smallest absolute Gasteiger partial charge is 0.252 e. The summed E-state index contributed by atoms with van der Waals surface area (Å²) in [7, 11) is 0. The van der Waals surface area contributed by atoms with Crippen molar-refractivity contribution in [3.8, 4) is 0 Å². The lowest BCUT2D eigenvalue weighted by molar-refractivity contribution is -0.131. The van der Waals surface area contributed by atoms with Gasteiger partial charge in [0.2, 0.25) is 5.91 Å². The molecule has 1 fully saturated rings. The van der Waals surface area contributed by atoms with E-state index in [1.807, 2.05) is 18.2 Å². The van der Waals surface area contributed by atoms with Gasteiger partial charge < -0.3 is 9.88 Å². The van der Waals surface area contributed by atoms with Crippen LogP contribution in [0, 0.1) is 18.6 Å². The van der Waals surface area contributed by atoms with Crippen molar-refractivity contribution in [2.75, 3.05) is 13.1 Å². The predicted molar refractivity (Wildman–Crippen MR) is 108 cm³/mol. The van der Waals surface area contributed by atoms with Gasteiger partial charge in [-0.15, -0.1) is 0 Å². The molecule has 3 aromatic rings. The van der Waals surface area contributed by atoms with Crippen LogP contribution in [-0.2, 0) is 11.2 Å². The highest BCUT2D eigenvalue weighted by atomic mass is 19.2. The zero-order chi connectivity index (χ0) is 20.5. The van der Waals surface area contributed by atoms with E-state index in [-0.39, 0.29) is 28.8 Å². The minimum atomic E-state index is -1.01. The molecule has 29 heavy (non-hydrogen) atoms. The topological polar surface area (TPSA) is 53.2 Å². The number of aromatic nitrogens is 1. The standard InChI is InChI=1S/C23H22F2N2O2/c1-14-17(23(29)26-19-8-7-18(24)22(25)21(14)19)13-20(28)27-11-9-16(10-12-27)15-5-3-2-4-6-15/h2-8,16H,9-13H2,1H3,(H,26,29). The van der Waals surface area contributed by atoms with Crippen LogP contribution in [0.3, 0.4) is 0 Å². The molecule has 4 rings (SSSR count). The average molecular weight is 396 g/mol. The second kappa shape index (κ2) is 7.78. The van der Waals surface area contributed by atoms with Gasteiger partial charge in [0.25, 0.3) is 5.56 Å². The normalized spacial score (nSPS) is 15.1. The number of hydrogen-bond acceptors (Lipinski definition) is 2. The zero-order valence-corrected chi connectivity index (χ0v) is 16.2. The van der Waals surface area contributed by atoms with E-state index < -0.39 is 17.2 Å². The second-order valence-corrected chi connectivity index (χ2v) is 7.58. The fourth-order valence-corrected chi connectivity index (χ4v) is 4.20. The monoisotopic (exact) mass is 396 g/mol. The molecule has 0 saturated carbocycles. The minimum absolute atomic E-state index is 0.0233. The lowest BCUT2D eigenvalue weighted by Gasteiger charge is -2.32. The molecule has 1 aliphatic heterocycles. The average Bonchev–Trinajstić information content (AvgIpc) is 2.74. The highest BCUT2D eigenvalue weighted by Crippen LogP contribution is 2.28. The largest absolute Gasteiger partial charge is 0.342 e. The number of aromatic amines is 1. The third-order valence-electron chi connectivity index (χ3n) is 5.89. The molecule has 0 aliphatic carbocycles. The number of aryl methyl sites for hydroxylation is 1. The van der Waals surface area contributed by atoms with Crippen LogP contribution in [0.4, 0.5) is 8.78 Å². The second-order valence-electron chi connectivity index (χ2n) is 7.58. The quantitative estimate of drug-likeness (QED) is 0.726. The van der Waals surface area contributed by atoms with Crippen LogP contribution in [0.2, 0.25) is 0 Å². The molecule has 0 spiro atoms. The van der Waals surface area contributed by atoms with Crippen LogP contribution >= 0.6 is 0 Å². The van der Waals surface area contributed by atoms with Gasteiger partial charge in [-0.3, -0.25) is 9.59 Å². The summed E-state index contributed by atoms with van der Waals surface area (Å²) in [6.07, 6.45) is 1.61. The van der Waals surface area contributed by atoms with E-state index in [2.05, 4.69) is 17.1 Å². The number of piperidine rings is 1. The number of pyridine rings is 1. The molecule has 1 N–H and O–H groups in total. The summed E-state index contributed by atoms with van der Waals surface area (Å²) in [6, 6.07) is 12.5. The first-order valence-corrected chi connectivity index (χ1v) is 9.78. The van der Waals surface area contributed by atoms with Gasteiger partial charge in [0, 0.05) is 24.0 Å². The first-order chi connectivity index (χ1) is 14.0. The fraction of sp³-hybridized carbons (Fsp3) is 0.304. The van der Waals surface area contributed by atoms with Gasteiger partial charge in [-0.2, -0.15) is 0 Å². The van der Waals surface area contributed by atoms with Gasteiger partial charge in [-0.05, 0) is 48.9 Å². The lowest BCUT2D eigenvalue weighted by Crippen LogP contribution is -2.39. The van der Waals surface area contributed by atoms with Gasteiger partial charge in [0.05, 0.1) is 11.9 Å². The van der Waals surface area contributed by atoms with Crippen LogP contribution < -0.4 is 5.56 Å². The number of nitrogens with one attached hydrogen (secondary N) is 1. The molecule has 0 radical (unpaired) electrons. The van der Waals surface area contributed by atoms with Gasteiger partial charge in [-0.25, -0.2) is 8.78 Å². The molecule has 1 aromatic heterocycles. The lowest BCUT2D eigenvalue weighted by atomic mass is 9.89. The van der Waals surface area contributed by atoms with Crippen molar-refractivity contribution in [3.05, 3.63) is 81.1 Å². The van der Waals surface area contributed by atoms with Crippen LogP contribution in [-0.4, -0.2) is 28.9 Å². The summed E-state index contributed by atoms with van der Waals surface area (Å²) in [5, 5.41) is 0.0233. The summed E-state index contributed by atoms with van der Waals surface area (Å²) in [6.45, 7) is 2.79. The van der Waals surface area contributed by atoms with Gasteiger partial charge >= 0.3 is 0 Å². The van der Waals surface area contributed by atoms with Gasteiger partial charge in [0.1, 0.15) is 0 Å². The first-order valence-electron chi connectivity index (χ1n) is 9.78. The summed E-state index contributed by atoms with van der Waals surface area (Å²) >= 11 is 0. The Balaban J connectivity index is 1.53. The molecule has 0 unspecified atom stereocenters. The fourth-order valence-electron chi connectivity index (χ4n) is 4.20. The molecule has 4 nitrogen and oxygen atoms in total. The van der Waals surface area contributed by atoms with E-state index in [0.717, 1.165) is 18.9 Å². The number of benzene rings is 2. The van der Waals surface area contributed by atoms with E-state index >= 15 is 0 Å². The summed E-state index contributed by atoms with van der Waals surface area (Å²) < 4.78 is 27.9. The van der Waals surface area contributed by atoms with E-state index in [4.69, 9.17) is 0 Å². The Morgan fingerprint density at radius 3 is 2.48 bits per heavy atom. The van der Waals surface area contributed by atoms with Gasteiger partial charge in [0.15, 0.2) is 11.6 Å². The highest BCUT2D eigenvalue weighted by molar-refractivity contribution is 5.86. The van der Waals surface area contributed by atoms with Gasteiger partial charge in [-0.1, -0.05) is 30.3 Å². The van der Waals surface area contributed by atoms with Crippen LogP contribution in [0.5, 0.6) is 0 Å². The molecule has 0 atom stereocenters. The highest BCUT2D eigenvalue weighted by Gasteiger charge is 2.25. The van der Waals surface area contributed by atoms with E-state index in [1.54, 1.807) is 11.8 Å². The van der Waals surface area contributed by atoms with E-state index in [1.165, 1.54) is 11.6 Å². The number of carbonyl (C=O) groups excluding carboxylic acids is 1. The van der Waals surface area contributed by atoms with E-state index in [9.17, 15) is 18.4 Å². The van der Waals surface area contributed by atoms with Crippen molar-refractivity contribution in [3.63, 3.8) is 0 Å². The molecule has 6 heteroatoms. The Morgan fingerprint density at radius 2 is 1.79 bits per heavy atom. The number of hydrogen-bond donors (Lipinski definition) is 1. The molecule has 150 valence electrons. The van der Waals surface area contributed by atoms with E-state index in [0.29, 0.717) is 24.6 Å². The number of halogens is 2. The van der Waals surface area contributed by atoms with Crippen molar-refractivity contribution in [1.29, 1.82) is 0 Å². The van der Waals surface area contributed by atoms with Crippen molar-refractivity contribution in [2.24, 2.45) is 0 Å². The van der Waals surface area contributed by atoms with Crippen LogP contribution in [0.25, 0.3) is 10.9 Å². The Hall–Kier alpha value is -3.02. The zero-order valence-electron chi connectivity index (χ0n) is 16.2. The molecule has 1 aliphatic rings. The molecule has 0 bridgehead atoms. The first kappa shape index (κ1) is 19.3. The Morgan fingerprint density at radius 1 is 1.10 bits per heavy atom. The van der Waals surface area contributed by atoms with Crippen molar-refractivity contribution < 1.29 is 13.6 Å². The summed E-state index contributed by atoms with van der Waals surface area (Å²) in [4.78, 5) is 29.6. The third-order valence-corrected chi connectivity index (χ3v) is 5.89. The predicted octanol–water partition coefficient (Wildman–Crippen LogP) is 4.06. The van der Waals surface area contributed by atoms with Crippen LogP contribution in [0.15, 0.2) is 47.3 Å². The molecule has 2 aromatic carbocycles. The number of amides is 1. The number of rotatable bonds is 3. The molecule has 1 saturated heterocycles. The maximum Gasteiger partial charge on any atom is 0.252 e. The number of nitrogens with zero attached hydrogens (tertiary/aromatic N) is 1. The Kier molecular flexibility index (Phi) is 5.18.